The van der Waals surface area contributed by atoms with Crippen LogP contribution in [0.2, 0.25) is 0 Å². The molecule has 0 atom stereocenters. The summed E-state index contributed by atoms with van der Waals surface area (Å²) < 4.78 is 30.5. The van der Waals surface area contributed by atoms with Crippen molar-refractivity contribution in [3.05, 3.63) is 55.4 Å². The molecule has 5 N–H and O–H groups in total. The first-order valence-corrected chi connectivity index (χ1v) is 20.9. The first-order valence-electron chi connectivity index (χ1n) is 20.9. The molecule has 4 bridgehead atoms. The van der Waals surface area contributed by atoms with E-state index in [1.165, 1.54) is 9.13 Å². The fourth-order valence-corrected chi connectivity index (χ4v) is 6.09. The monoisotopic (exact) mass is 846 g/mol. The van der Waals surface area contributed by atoms with Gasteiger partial charge in [-0.1, -0.05) is 26.7 Å². The number of methoxy groups -OCH3 is 1. The Balaban J connectivity index is 1.85. The first-order chi connectivity index (χ1) is 29.0. The van der Waals surface area contributed by atoms with Crippen molar-refractivity contribution < 1.29 is 42.9 Å². The molecular weight excluding hydrogens is 780 g/mol. The topological polar surface area (TPSA) is 222 Å². The molecule has 19 heteroatoms. The normalized spacial score (nSPS) is 15.8. The van der Waals surface area contributed by atoms with Crippen molar-refractivity contribution in [3.63, 3.8) is 0 Å². The highest BCUT2D eigenvalue weighted by atomic mass is 16.5. The summed E-state index contributed by atoms with van der Waals surface area (Å²) in [5.41, 5.74) is -0.189. The van der Waals surface area contributed by atoms with E-state index in [-0.39, 0.29) is 75.1 Å². The zero-order valence-corrected chi connectivity index (χ0v) is 36.0. The lowest BCUT2D eigenvalue weighted by molar-refractivity contribution is -0.122. The van der Waals surface area contributed by atoms with Crippen LogP contribution in [0.15, 0.2) is 21.7 Å². The predicted molar refractivity (Wildman–Crippen MR) is 225 cm³/mol. The smallest absolute Gasteiger partial charge is 0.294 e. The van der Waals surface area contributed by atoms with Gasteiger partial charge in [0, 0.05) is 77.4 Å². The van der Waals surface area contributed by atoms with E-state index in [9.17, 15) is 28.8 Å². The maximum Gasteiger partial charge on any atom is 0.294 e. The Morgan fingerprint density at radius 1 is 0.567 bits per heavy atom. The lowest BCUT2D eigenvalue weighted by Gasteiger charge is -2.23. The third-order valence-corrected chi connectivity index (χ3v) is 9.54. The van der Waals surface area contributed by atoms with Crippen LogP contribution < -0.4 is 47.2 Å². The number of nitrogens with zero attached hydrogens (tertiary/aromatic N) is 3. The fraction of sp³-hybridized carbons (Fsp3) is 0.659. The Morgan fingerprint density at radius 3 is 1.47 bits per heavy atom. The van der Waals surface area contributed by atoms with E-state index < -0.39 is 34.7 Å². The Kier molecular flexibility index (Phi) is 23.0. The molecule has 4 amide bonds. The van der Waals surface area contributed by atoms with Crippen molar-refractivity contribution in [1.82, 2.24) is 40.6 Å². The summed E-state index contributed by atoms with van der Waals surface area (Å²) in [7, 11) is 1.60. The maximum atomic E-state index is 13.7. The van der Waals surface area contributed by atoms with Gasteiger partial charge in [0.25, 0.3) is 22.9 Å². The molecular formula is C41H66N8O11. The number of hydrogen-bond acceptors (Lipinski definition) is 13. The van der Waals surface area contributed by atoms with Gasteiger partial charge >= 0.3 is 0 Å². The molecule has 0 fully saturated rings. The lowest BCUT2D eigenvalue weighted by atomic mass is 10.1. The number of aromatic nitrogens is 2. The van der Waals surface area contributed by atoms with E-state index in [0.29, 0.717) is 90.0 Å². The summed E-state index contributed by atoms with van der Waals surface area (Å²) in [6.45, 7) is 12.0. The number of carbonyl (C=O) groups excluding carboxylic acids is 4. The molecule has 2 aromatic heterocycles. The molecule has 0 saturated heterocycles. The number of nitrogens with one attached hydrogen (secondary N) is 5. The highest BCUT2D eigenvalue weighted by molar-refractivity contribution is 5.97. The van der Waals surface area contributed by atoms with Crippen molar-refractivity contribution in [1.29, 1.82) is 0 Å². The number of carbonyl (C=O) groups is 4. The van der Waals surface area contributed by atoms with Gasteiger partial charge in [-0.2, -0.15) is 0 Å². The van der Waals surface area contributed by atoms with Crippen LogP contribution in [0.5, 0.6) is 11.5 Å². The van der Waals surface area contributed by atoms with Gasteiger partial charge in [-0.05, 0) is 38.8 Å². The number of pyridine rings is 2. The van der Waals surface area contributed by atoms with Crippen LogP contribution in [0, 0.1) is 13.8 Å². The highest BCUT2D eigenvalue weighted by Crippen LogP contribution is 2.18. The average molecular weight is 847 g/mol. The van der Waals surface area contributed by atoms with E-state index in [1.54, 1.807) is 33.1 Å². The van der Waals surface area contributed by atoms with Crippen LogP contribution in [0.1, 0.15) is 71.6 Å². The quantitative estimate of drug-likeness (QED) is 0.132. The fourth-order valence-electron chi connectivity index (χ4n) is 6.09. The third kappa shape index (κ3) is 16.7. The second-order valence-electron chi connectivity index (χ2n) is 14.3. The van der Waals surface area contributed by atoms with Crippen molar-refractivity contribution in [2.24, 2.45) is 0 Å². The van der Waals surface area contributed by atoms with E-state index in [2.05, 4.69) is 26.6 Å². The Hall–Kier alpha value is -4.82. The molecule has 4 aliphatic rings. The first kappa shape index (κ1) is 49.5. The molecule has 0 saturated carbocycles. The largest absolute Gasteiger partial charge is 0.487 e. The summed E-state index contributed by atoms with van der Waals surface area (Å²) in [6, 6.07) is 3.09. The lowest BCUT2D eigenvalue weighted by Crippen LogP contribution is -2.43. The Labute approximate surface area is 352 Å². The molecule has 6 heterocycles. The molecule has 60 heavy (non-hydrogen) atoms. The highest BCUT2D eigenvalue weighted by Gasteiger charge is 2.23. The Morgan fingerprint density at radius 2 is 1.02 bits per heavy atom. The van der Waals surface area contributed by atoms with Gasteiger partial charge in [-0.15, -0.1) is 0 Å². The molecule has 0 aliphatic carbocycles. The second-order valence-corrected chi connectivity index (χ2v) is 14.3. The number of rotatable bonds is 17. The summed E-state index contributed by atoms with van der Waals surface area (Å²) in [6.07, 6.45) is 2.95. The van der Waals surface area contributed by atoms with Gasteiger partial charge < -0.3 is 59.4 Å². The molecule has 6 rings (SSSR count). The molecule has 0 radical (unpaired) electrons. The molecule has 4 aliphatic heterocycles. The summed E-state index contributed by atoms with van der Waals surface area (Å²) in [5.74, 6) is -2.06. The van der Waals surface area contributed by atoms with Crippen LogP contribution in [0.4, 0.5) is 0 Å². The number of hydrogen-bond donors (Lipinski definition) is 5. The minimum Gasteiger partial charge on any atom is -0.487 e. The molecule has 19 nitrogen and oxygen atoms in total. The van der Waals surface area contributed by atoms with Crippen LogP contribution in [-0.4, -0.2) is 150 Å². The minimum atomic E-state index is -0.583. The minimum absolute atomic E-state index is 0.0753. The summed E-state index contributed by atoms with van der Waals surface area (Å²) in [5, 5.41) is 14.5. The van der Waals surface area contributed by atoms with Crippen LogP contribution in [-0.2, 0) is 36.9 Å². The Bertz CT molecular complexity index is 1680. The van der Waals surface area contributed by atoms with Gasteiger partial charge in [-0.25, -0.2) is 0 Å². The standard InChI is InChI=1S/C41H66N8O11/c1-6-8-19-59-36-32-26-30(3)48(40(36)54)28-34(50)43-14-16-47(18-21-57-24-25-58-23-22-56-5)17-15-44-35(51)29-49-31(4)27-33(37(41(49)55)60-20-9-7-2)39(53)46-13-11-42-10-12-45-38(32)52/h26-27,42H,6-25,28-29H2,1-5H3,(H,43,50)(H,44,51)(H,45,52)(H,46,53). The van der Waals surface area contributed by atoms with Gasteiger partial charge in [0.15, 0.2) is 11.5 Å². The van der Waals surface area contributed by atoms with Crippen molar-refractivity contribution in [3.8, 4) is 11.5 Å². The van der Waals surface area contributed by atoms with E-state index >= 15 is 0 Å². The van der Waals surface area contributed by atoms with Gasteiger partial charge in [0.2, 0.25) is 11.8 Å². The van der Waals surface area contributed by atoms with E-state index in [1.807, 2.05) is 18.7 Å². The number of amides is 4. The summed E-state index contributed by atoms with van der Waals surface area (Å²) in [4.78, 5) is 82.6. The SMILES string of the molecule is CCCCOc1c2cc(C)n(c1=O)CC(=O)NCCN(CCOCCOCCOC)CCNC(=O)Cn1c(C)cc(c(OCCCC)c1=O)C(=O)NCCNCCNC2=O. The average Bonchev–Trinajstić information content (AvgIpc) is 3.22. The van der Waals surface area contributed by atoms with E-state index in [0.717, 1.165) is 12.8 Å². The van der Waals surface area contributed by atoms with Gasteiger partial charge in [0.1, 0.15) is 13.1 Å². The molecule has 0 spiro atoms. The van der Waals surface area contributed by atoms with Gasteiger partial charge in [0.05, 0.1) is 57.4 Å². The van der Waals surface area contributed by atoms with Crippen molar-refractivity contribution in [2.75, 3.05) is 112 Å². The van der Waals surface area contributed by atoms with Crippen LogP contribution in [0.3, 0.4) is 0 Å². The predicted octanol–water partition coefficient (Wildman–Crippen LogP) is -0.0384. The zero-order chi connectivity index (χ0) is 43.7. The molecule has 336 valence electrons. The maximum absolute atomic E-state index is 13.7. The van der Waals surface area contributed by atoms with Crippen molar-refractivity contribution in [2.45, 2.75) is 66.5 Å². The number of unbranched alkanes of at least 4 members (excludes halogenated alkanes) is 2. The number of aryl methyl sites for hydroxylation is 2. The van der Waals surface area contributed by atoms with Gasteiger partial charge in [-0.3, -0.25) is 33.7 Å². The number of ether oxygens (including phenoxy) is 5. The van der Waals surface area contributed by atoms with Crippen LogP contribution in [0.25, 0.3) is 0 Å². The third-order valence-electron chi connectivity index (χ3n) is 9.54. The zero-order valence-electron chi connectivity index (χ0n) is 36.0. The molecule has 0 aromatic carbocycles. The summed E-state index contributed by atoms with van der Waals surface area (Å²) >= 11 is 0. The molecule has 2 aromatic rings. The van der Waals surface area contributed by atoms with Crippen molar-refractivity contribution >= 4 is 23.6 Å². The van der Waals surface area contributed by atoms with Crippen LogP contribution >= 0.6 is 0 Å². The molecule has 0 unspecified atom stereocenters. The van der Waals surface area contributed by atoms with E-state index in [4.69, 9.17) is 23.7 Å². The second kappa shape index (κ2) is 27.8.